The van der Waals surface area contributed by atoms with Crippen molar-refractivity contribution in [2.45, 2.75) is 38.5 Å². The molecule has 0 saturated carbocycles. The average molecular weight is 462 g/mol. The largest absolute Gasteiger partial charge is 0.493 e. The molecule has 0 radical (unpaired) electrons. The van der Waals surface area contributed by atoms with Gasteiger partial charge in [0.05, 0.1) is 18.3 Å². The van der Waals surface area contributed by atoms with E-state index in [0.717, 1.165) is 38.8 Å². The lowest BCUT2D eigenvalue weighted by atomic mass is 9.77. The minimum Gasteiger partial charge on any atom is -0.493 e. The van der Waals surface area contributed by atoms with Crippen molar-refractivity contribution in [3.8, 4) is 5.75 Å². The minimum absolute atomic E-state index is 0.0141. The molecular formula is C23H28ClN3O3S. The van der Waals surface area contributed by atoms with Gasteiger partial charge in [-0.15, -0.1) is 11.3 Å². The Morgan fingerprint density at radius 1 is 1.13 bits per heavy atom. The number of hydrogen-bond acceptors (Lipinski definition) is 5. The first-order valence-electron chi connectivity index (χ1n) is 10.9. The highest BCUT2D eigenvalue weighted by Gasteiger charge is 2.41. The number of likely N-dealkylation sites (tertiary alicyclic amines) is 2. The fourth-order valence-electron chi connectivity index (χ4n) is 4.54. The number of halogens is 1. The molecule has 2 saturated heterocycles. The second-order valence-corrected chi connectivity index (χ2v) is 9.88. The number of carbonyl (C=O) groups excluding carboxylic acids is 2. The van der Waals surface area contributed by atoms with Gasteiger partial charge < -0.3 is 14.5 Å². The molecule has 8 heteroatoms. The first kappa shape index (κ1) is 22.1. The second kappa shape index (κ2) is 10.0. The number of rotatable bonds is 6. The SMILES string of the molecule is O=C(C[C@@]1(COc2cccc(Cl)c2)CCCN(C(=O)c2cncs2)C1)N1CCCCC1. The first-order valence-corrected chi connectivity index (χ1v) is 12.1. The summed E-state index contributed by atoms with van der Waals surface area (Å²) >= 11 is 7.46. The zero-order chi connectivity index (χ0) is 21.7. The Morgan fingerprint density at radius 2 is 1.94 bits per heavy atom. The molecule has 0 unspecified atom stereocenters. The molecule has 0 N–H and O–H groups in total. The van der Waals surface area contributed by atoms with Crippen molar-refractivity contribution in [3.63, 3.8) is 0 Å². The van der Waals surface area contributed by atoms with Gasteiger partial charge in [0.2, 0.25) is 5.91 Å². The molecule has 6 nitrogen and oxygen atoms in total. The van der Waals surface area contributed by atoms with Crippen LogP contribution >= 0.6 is 22.9 Å². The number of amides is 2. The highest BCUT2D eigenvalue weighted by Crippen LogP contribution is 2.36. The van der Waals surface area contributed by atoms with Gasteiger partial charge in [-0.25, -0.2) is 0 Å². The summed E-state index contributed by atoms with van der Waals surface area (Å²) in [5, 5.41) is 0.613. The maximum atomic E-state index is 13.2. The molecule has 2 aliphatic rings. The molecule has 0 aliphatic carbocycles. The second-order valence-electron chi connectivity index (χ2n) is 8.56. The third-order valence-electron chi connectivity index (χ3n) is 6.17. The van der Waals surface area contributed by atoms with Crippen molar-refractivity contribution in [2.75, 3.05) is 32.8 Å². The molecular weight excluding hydrogens is 434 g/mol. The van der Waals surface area contributed by atoms with Gasteiger partial charge in [-0.2, -0.15) is 0 Å². The molecule has 1 aromatic heterocycles. The van der Waals surface area contributed by atoms with Crippen molar-refractivity contribution < 1.29 is 14.3 Å². The van der Waals surface area contributed by atoms with Crippen LogP contribution in [-0.2, 0) is 4.79 Å². The maximum absolute atomic E-state index is 13.2. The molecule has 4 rings (SSSR count). The van der Waals surface area contributed by atoms with E-state index in [4.69, 9.17) is 16.3 Å². The third-order valence-corrected chi connectivity index (χ3v) is 7.16. The lowest BCUT2D eigenvalue weighted by Crippen LogP contribution is -2.51. The standard InChI is InChI=1S/C23H28ClN3O3S/c24-18-6-4-7-19(12-18)30-16-23(13-21(28)26-9-2-1-3-10-26)8-5-11-27(15-23)22(29)20-14-25-17-31-20/h4,6-7,12,14,17H,1-3,5,8-11,13,15-16H2/t23-/m0/s1. The normalized spacial score (nSPS) is 21.7. The molecule has 2 aliphatic heterocycles. The first-order chi connectivity index (χ1) is 15.0. The summed E-state index contributed by atoms with van der Waals surface area (Å²) in [6.45, 7) is 3.22. The van der Waals surface area contributed by atoms with Crippen LogP contribution in [0.2, 0.25) is 5.02 Å². The number of aromatic nitrogens is 1. The van der Waals surface area contributed by atoms with Gasteiger partial charge in [-0.1, -0.05) is 17.7 Å². The van der Waals surface area contributed by atoms with Gasteiger partial charge in [0.25, 0.3) is 5.91 Å². The number of nitrogens with zero attached hydrogens (tertiary/aromatic N) is 3. The van der Waals surface area contributed by atoms with E-state index in [1.807, 2.05) is 21.9 Å². The van der Waals surface area contributed by atoms with Crippen LogP contribution < -0.4 is 4.74 Å². The predicted octanol–water partition coefficient (Wildman–Crippen LogP) is 4.50. The van der Waals surface area contributed by atoms with Crippen LogP contribution in [0, 0.1) is 5.41 Å². The summed E-state index contributed by atoms with van der Waals surface area (Å²) in [4.78, 5) is 34.7. The zero-order valence-electron chi connectivity index (χ0n) is 17.6. The number of benzene rings is 1. The van der Waals surface area contributed by atoms with E-state index in [1.54, 1.807) is 23.8 Å². The van der Waals surface area contributed by atoms with Crippen LogP contribution in [0.3, 0.4) is 0 Å². The summed E-state index contributed by atoms with van der Waals surface area (Å²) in [5.41, 5.74) is 1.25. The lowest BCUT2D eigenvalue weighted by molar-refractivity contribution is -0.136. The van der Waals surface area contributed by atoms with Gasteiger partial charge in [-0.3, -0.25) is 14.6 Å². The smallest absolute Gasteiger partial charge is 0.265 e. The van der Waals surface area contributed by atoms with E-state index in [1.165, 1.54) is 17.8 Å². The molecule has 2 fully saturated rings. The van der Waals surface area contributed by atoms with Crippen LogP contribution in [-0.4, -0.2) is 59.4 Å². The van der Waals surface area contributed by atoms with E-state index >= 15 is 0 Å². The highest BCUT2D eigenvalue weighted by atomic mass is 35.5. The van der Waals surface area contributed by atoms with Gasteiger partial charge in [0.15, 0.2) is 0 Å². The Kier molecular flexibility index (Phi) is 7.13. The van der Waals surface area contributed by atoms with Crippen molar-refractivity contribution in [1.29, 1.82) is 0 Å². The molecule has 0 spiro atoms. The van der Waals surface area contributed by atoms with Crippen LogP contribution in [0.5, 0.6) is 5.75 Å². The van der Waals surface area contributed by atoms with Crippen LogP contribution in [0.4, 0.5) is 0 Å². The molecule has 166 valence electrons. The molecule has 2 aromatic rings. The zero-order valence-corrected chi connectivity index (χ0v) is 19.2. The number of piperidine rings is 2. The van der Waals surface area contributed by atoms with Gasteiger partial charge >= 0.3 is 0 Å². The van der Waals surface area contributed by atoms with Crippen molar-refractivity contribution in [3.05, 3.63) is 45.9 Å². The molecule has 3 heterocycles. The molecule has 1 aromatic carbocycles. The Morgan fingerprint density at radius 3 is 2.68 bits per heavy atom. The minimum atomic E-state index is -0.421. The van der Waals surface area contributed by atoms with Crippen molar-refractivity contribution in [1.82, 2.24) is 14.8 Å². The Labute approximate surface area is 192 Å². The fraction of sp³-hybridized carbons (Fsp3) is 0.522. The van der Waals surface area contributed by atoms with Crippen LogP contribution in [0.25, 0.3) is 0 Å². The monoisotopic (exact) mass is 461 g/mol. The number of hydrogen-bond donors (Lipinski definition) is 0. The summed E-state index contributed by atoms with van der Waals surface area (Å²) in [7, 11) is 0. The van der Waals surface area contributed by atoms with Crippen LogP contribution in [0.1, 0.15) is 48.2 Å². The Bertz CT molecular complexity index is 901. The van der Waals surface area contributed by atoms with E-state index in [-0.39, 0.29) is 11.8 Å². The molecule has 31 heavy (non-hydrogen) atoms. The summed E-state index contributed by atoms with van der Waals surface area (Å²) in [6, 6.07) is 7.31. The molecule has 1 atom stereocenters. The number of thiazole rings is 1. The Balaban J connectivity index is 1.52. The third kappa shape index (κ3) is 5.57. The molecule has 2 amide bonds. The summed E-state index contributed by atoms with van der Waals surface area (Å²) in [5.74, 6) is 0.837. The molecule has 0 bridgehead atoms. The maximum Gasteiger partial charge on any atom is 0.265 e. The summed E-state index contributed by atoms with van der Waals surface area (Å²) < 4.78 is 6.13. The fourth-order valence-corrected chi connectivity index (χ4v) is 5.31. The summed E-state index contributed by atoms with van der Waals surface area (Å²) in [6.07, 6.45) is 7.01. The highest BCUT2D eigenvalue weighted by molar-refractivity contribution is 7.11. The van der Waals surface area contributed by atoms with Crippen molar-refractivity contribution >= 4 is 34.8 Å². The van der Waals surface area contributed by atoms with E-state index in [2.05, 4.69) is 4.98 Å². The van der Waals surface area contributed by atoms with E-state index < -0.39 is 5.41 Å². The topological polar surface area (TPSA) is 62.7 Å². The van der Waals surface area contributed by atoms with Crippen LogP contribution in [0.15, 0.2) is 36.0 Å². The van der Waals surface area contributed by atoms with E-state index in [0.29, 0.717) is 41.8 Å². The quantitative estimate of drug-likeness (QED) is 0.635. The van der Waals surface area contributed by atoms with Gasteiger partial charge in [-0.05, 0) is 50.3 Å². The lowest BCUT2D eigenvalue weighted by Gasteiger charge is -2.43. The average Bonchev–Trinajstić information content (AvgIpc) is 3.33. The van der Waals surface area contributed by atoms with Crippen molar-refractivity contribution in [2.24, 2.45) is 5.41 Å². The predicted molar refractivity (Wildman–Crippen MR) is 122 cm³/mol. The van der Waals surface area contributed by atoms with Gasteiger partial charge in [0, 0.05) is 43.0 Å². The number of carbonyl (C=O) groups is 2. The van der Waals surface area contributed by atoms with E-state index in [9.17, 15) is 9.59 Å². The Hall–Kier alpha value is -2.12. The van der Waals surface area contributed by atoms with Gasteiger partial charge in [0.1, 0.15) is 10.6 Å². The number of ether oxygens (including phenoxy) is 1.